The van der Waals surface area contributed by atoms with Gasteiger partial charge in [-0.05, 0) is 19.4 Å². The summed E-state index contributed by atoms with van der Waals surface area (Å²) in [6, 6.07) is 0.126. The Hall–Kier alpha value is -0.910. The van der Waals surface area contributed by atoms with Gasteiger partial charge in [0.05, 0.1) is 18.1 Å². The summed E-state index contributed by atoms with van der Waals surface area (Å²) in [7, 11) is 0. The van der Waals surface area contributed by atoms with Gasteiger partial charge in [-0.1, -0.05) is 6.92 Å². The third-order valence-electron chi connectivity index (χ3n) is 2.53. The molecule has 0 aliphatic rings. The smallest absolute Gasteiger partial charge is 0.0948 e. The molecule has 16 heavy (non-hydrogen) atoms. The molecule has 92 valence electrons. The van der Waals surface area contributed by atoms with Crippen molar-refractivity contribution in [3.8, 4) is 0 Å². The summed E-state index contributed by atoms with van der Waals surface area (Å²) in [4.78, 5) is 4.16. The van der Waals surface area contributed by atoms with E-state index in [1.54, 1.807) is 0 Å². The molecule has 0 fully saturated rings. The van der Waals surface area contributed by atoms with Crippen molar-refractivity contribution in [1.82, 2.24) is 14.9 Å². The van der Waals surface area contributed by atoms with Gasteiger partial charge < -0.3 is 20.7 Å². The second-order valence-corrected chi connectivity index (χ2v) is 3.83. The molecule has 0 saturated heterocycles. The van der Waals surface area contributed by atoms with Gasteiger partial charge in [-0.2, -0.15) is 0 Å². The van der Waals surface area contributed by atoms with Crippen LogP contribution in [0.25, 0.3) is 0 Å². The Morgan fingerprint density at radius 1 is 1.62 bits per heavy atom. The van der Waals surface area contributed by atoms with Crippen LogP contribution in [0.4, 0.5) is 0 Å². The fraction of sp³-hybridized carbons (Fsp3) is 0.727. The molecular weight excluding hydrogens is 204 g/mol. The summed E-state index contributed by atoms with van der Waals surface area (Å²) in [5.74, 6) is 0. The van der Waals surface area contributed by atoms with E-state index in [2.05, 4.69) is 21.8 Å². The molecule has 1 aromatic rings. The molecule has 0 aromatic carbocycles. The van der Waals surface area contributed by atoms with Crippen molar-refractivity contribution in [3.05, 3.63) is 18.2 Å². The number of hydrogen-bond acceptors (Lipinski definition) is 4. The first-order chi connectivity index (χ1) is 7.83. The van der Waals surface area contributed by atoms with Gasteiger partial charge in [-0.15, -0.1) is 0 Å². The Morgan fingerprint density at radius 3 is 3.06 bits per heavy atom. The molecule has 0 bridgehead atoms. The zero-order valence-corrected chi connectivity index (χ0v) is 9.89. The molecule has 0 aliphatic heterocycles. The minimum atomic E-state index is 0.126. The van der Waals surface area contributed by atoms with Crippen LogP contribution in [0.5, 0.6) is 0 Å². The second-order valence-electron chi connectivity index (χ2n) is 3.83. The quantitative estimate of drug-likeness (QED) is 0.556. The molecule has 1 heterocycles. The molecule has 1 unspecified atom stereocenters. The third-order valence-corrected chi connectivity index (χ3v) is 2.53. The highest BCUT2D eigenvalue weighted by Crippen LogP contribution is 2.11. The summed E-state index contributed by atoms with van der Waals surface area (Å²) in [6.07, 6.45) is 5.53. The molecule has 1 atom stereocenters. The van der Waals surface area contributed by atoms with E-state index in [0.717, 1.165) is 31.6 Å². The lowest BCUT2D eigenvalue weighted by atomic mass is 10.2. The van der Waals surface area contributed by atoms with Crippen LogP contribution >= 0.6 is 0 Å². The lowest BCUT2D eigenvalue weighted by molar-refractivity contribution is 0.283. The number of hydrogen-bond donors (Lipinski definition) is 3. The van der Waals surface area contributed by atoms with Crippen LogP contribution < -0.4 is 11.1 Å². The number of nitrogens with one attached hydrogen (secondary N) is 1. The molecule has 5 nitrogen and oxygen atoms in total. The van der Waals surface area contributed by atoms with E-state index >= 15 is 0 Å². The van der Waals surface area contributed by atoms with Crippen molar-refractivity contribution in [3.63, 3.8) is 0 Å². The van der Waals surface area contributed by atoms with Crippen molar-refractivity contribution in [2.24, 2.45) is 5.73 Å². The van der Waals surface area contributed by atoms with Gasteiger partial charge in [0.1, 0.15) is 0 Å². The first-order valence-corrected chi connectivity index (χ1v) is 5.87. The lowest BCUT2D eigenvalue weighted by Gasteiger charge is -2.18. The number of aryl methyl sites for hydroxylation is 1. The van der Waals surface area contributed by atoms with Crippen LogP contribution in [-0.4, -0.2) is 34.4 Å². The Labute approximate surface area is 96.7 Å². The minimum absolute atomic E-state index is 0.126. The number of rotatable bonds is 8. The van der Waals surface area contributed by atoms with E-state index in [0.29, 0.717) is 6.54 Å². The van der Waals surface area contributed by atoms with Gasteiger partial charge in [0.25, 0.3) is 0 Å². The van der Waals surface area contributed by atoms with E-state index in [1.807, 2.05) is 12.5 Å². The highest BCUT2D eigenvalue weighted by atomic mass is 16.3. The molecule has 4 N–H and O–H groups in total. The summed E-state index contributed by atoms with van der Waals surface area (Å²) < 4.78 is 2.13. The fourth-order valence-corrected chi connectivity index (χ4v) is 1.71. The maximum atomic E-state index is 8.73. The Bertz CT molecular complexity index is 287. The average Bonchev–Trinajstić information content (AvgIpc) is 2.73. The number of aromatic nitrogens is 2. The normalized spacial score (nSPS) is 12.9. The van der Waals surface area contributed by atoms with E-state index < -0.39 is 0 Å². The Morgan fingerprint density at radius 2 is 2.44 bits per heavy atom. The zero-order chi connectivity index (χ0) is 11.8. The summed E-state index contributed by atoms with van der Waals surface area (Å²) >= 11 is 0. The second kappa shape index (κ2) is 7.38. The van der Waals surface area contributed by atoms with E-state index in [4.69, 9.17) is 10.8 Å². The highest BCUT2D eigenvalue weighted by Gasteiger charge is 2.12. The zero-order valence-electron chi connectivity index (χ0n) is 9.89. The number of aliphatic hydroxyl groups is 1. The monoisotopic (exact) mass is 226 g/mol. The third kappa shape index (κ3) is 3.59. The summed E-state index contributed by atoms with van der Waals surface area (Å²) in [6.45, 7) is 4.63. The van der Waals surface area contributed by atoms with Crippen LogP contribution in [0.1, 0.15) is 31.5 Å². The van der Waals surface area contributed by atoms with Gasteiger partial charge >= 0.3 is 0 Å². The predicted molar refractivity (Wildman–Crippen MR) is 64.0 cm³/mol. The largest absolute Gasteiger partial charge is 0.396 e. The molecular formula is C11H22N4O. The van der Waals surface area contributed by atoms with Gasteiger partial charge in [-0.3, -0.25) is 0 Å². The van der Waals surface area contributed by atoms with E-state index in [9.17, 15) is 0 Å². The average molecular weight is 226 g/mol. The van der Waals surface area contributed by atoms with Gasteiger partial charge in [0.15, 0.2) is 0 Å². The van der Waals surface area contributed by atoms with E-state index in [1.165, 1.54) is 0 Å². The molecule has 0 amide bonds. The molecule has 0 radical (unpaired) electrons. The minimum Gasteiger partial charge on any atom is -0.396 e. The van der Waals surface area contributed by atoms with Gasteiger partial charge in [-0.25, -0.2) is 4.98 Å². The standard InChI is InChI=1S/C11H22N4O/c1-2-5-15-9-13-8-11(15)10(7-12)14-4-3-6-16/h8-10,14,16H,2-7,12H2,1H3. The van der Waals surface area contributed by atoms with Crippen LogP contribution in [0.3, 0.4) is 0 Å². The van der Waals surface area contributed by atoms with Crippen LogP contribution in [0, 0.1) is 0 Å². The highest BCUT2D eigenvalue weighted by molar-refractivity contribution is 5.06. The SMILES string of the molecule is CCCn1cncc1C(CN)NCCCO. The number of nitrogens with zero attached hydrogens (tertiary/aromatic N) is 2. The van der Waals surface area contributed by atoms with Crippen molar-refractivity contribution >= 4 is 0 Å². The van der Waals surface area contributed by atoms with Crippen LogP contribution in [0.2, 0.25) is 0 Å². The van der Waals surface area contributed by atoms with Gasteiger partial charge in [0.2, 0.25) is 0 Å². The summed E-state index contributed by atoms with van der Waals surface area (Å²) in [5.41, 5.74) is 6.87. The van der Waals surface area contributed by atoms with Crippen molar-refractivity contribution < 1.29 is 5.11 Å². The lowest BCUT2D eigenvalue weighted by Crippen LogP contribution is -2.31. The van der Waals surface area contributed by atoms with Gasteiger partial charge in [0, 0.05) is 25.9 Å². The topological polar surface area (TPSA) is 76.1 Å². The van der Waals surface area contributed by atoms with Crippen LogP contribution in [-0.2, 0) is 6.54 Å². The molecule has 5 heteroatoms. The Balaban J connectivity index is 2.59. The maximum absolute atomic E-state index is 8.73. The molecule has 0 spiro atoms. The van der Waals surface area contributed by atoms with E-state index in [-0.39, 0.29) is 12.6 Å². The fourth-order valence-electron chi connectivity index (χ4n) is 1.71. The predicted octanol–water partition coefficient (Wildman–Crippen LogP) is 0.265. The summed E-state index contributed by atoms with van der Waals surface area (Å²) in [5, 5.41) is 12.1. The van der Waals surface area contributed by atoms with Crippen molar-refractivity contribution in [1.29, 1.82) is 0 Å². The number of aliphatic hydroxyl groups excluding tert-OH is 1. The molecule has 1 rings (SSSR count). The number of imidazole rings is 1. The first-order valence-electron chi connectivity index (χ1n) is 5.87. The maximum Gasteiger partial charge on any atom is 0.0948 e. The van der Waals surface area contributed by atoms with Crippen molar-refractivity contribution in [2.75, 3.05) is 19.7 Å². The first kappa shape index (κ1) is 13.2. The Kier molecular flexibility index (Phi) is 6.07. The molecule has 0 aliphatic carbocycles. The molecule has 1 aromatic heterocycles. The number of nitrogens with two attached hydrogens (primary N) is 1. The van der Waals surface area contributed by atoms with Crippen LogP contribution in [0.15, 0.2) is 12.5 Å². The molecule has 0 saturated carbocycles. The van der Waals surface area contributed by atoms with Crippen molar-refractivity contribution in [2.45, 2.75) is 32.4 Å².